The summed E-state index contributed by atoms with van der Waals surface area (Å²) in [6, 6.07) is 14.5. The van der Waals surface area contributed by atoms with Gasteiger partial charge in [0.05, 0.1) is 11.6 Å². The number of aliphatic hydroxyl groups excluding tert-OH is 1. The zero-order chi connectivity index (χ0) is 28.8. The van der Waals surface area contributed by atoms with Crippen LogP contribution in [0.25, 0.3) is 22.2 Å². The molecule has 0 spiro atoms. The summed E-state index contributed by atoms with van der Waals surface area (Å²) in [6.07, 6.45) is 8.38. The molecule has 0 bridgehead atoms. The molecule has 4 heterocycles. The van der Waals surface area contributed by atoms with Crippen LogP contribution in [0.2, 0.25) is 0 Å². The fourth-order valence-electron chi connectivity index (χ4n) is 5.89. The monoisotopic (exact) mass is 561 g/mol. The second-order valence-corrected chi connectivity index (χ2v) is 10.8. The lowest BCUT2D eigenvalue weighted by molar-refractivity contribution is 0.123. The lowest BCUT2D eigenvalue weighted by Gasteiger charge is -2.29. The van der Waals surface area contributed by atoms with Crippen LogP contribution in [-0.2, 0) is 13.6 Å². The third kappa shape index (κ3) is 6.60. The summed E-state index contributed by atoms with van der Waals surface area (Å²) in [6.45, 7) is 6.32. The van der Waals surface area contributed by atoms with E-state index in [2.05, 4.69) is 62.2 Å². The van der Waals surface area contributed by atoms with Crippen molar-refractivity contribution in [2.45, 2.75) is 64.1 Å². The van der Waals surface area contributed by atoms with Gasteiger partial charge in [0.15, 0.2) is 0 Å². The van der Waals surface area contributed by atoms with Gasteiger partial charge in [-0.15, -0.1) is 5.10 Å². The fraction of sp³-hybridized carbons (Fsp3) is 0.484. The minimum Gasteiger partial charge on any atom is -0.473 e. The number of fused-ring (bicyclic) bond motifs is 1. The Bertz CT molecular complexity index is 1490. The number of hydrogen-bond acceptors (Lipinski definition) is 8. The van der Waals surface area contributed by atoms with E-state index in [1.54, 1.807) is 13.1 Å². The second kappa shape index (κ2) is 13.3. The number of nitrogens with zero attached hydrogens (tertiary/aromatic N) is 6. The molecule has 220 valence electrons. The lowest BCUT2D eigenvalue weighted by Crippen LogP contribution is -2.27. The number of aliphatic hydroxyl groups is 1. The van der Waals surface area contributed by atoms with Crippen LogP contribution in [0.1, 0.15) is 58.5 Å². The van der Waals surface area contributed by atoms with Gasteiger partial charge < -0.3 is 15.2 Å². The summed E-state index contributed by atoms with van der Waals surface area (Å²) in [5, 5.41) is 20.9. The van der Waals surface area contributed by atoms with Crippen molar-refractivity contribution in [2.24, 2.45) is 7.05 Å². The van der Waals surface area contributed by atoms with Crippen LogP contribution in [0.4, 0.5) is 5.82 Å². The van der Waals surface area contributed by atoms with E-state index in [1.165, 1.54) is 42.2 Å². The highest BCUT2D eigenvalue weighted by atomic mass is 16.5. The van der Waals surface area contributed by atoms with Gasteiger partial charge in [0.25, 0.3) is 5.56 Å². The first-order chi connectivity index (χ1) is 20.1. The highest BCUT2D eigenvalue weighted by Crippen LogP contribution is 2.36. The van der Waals surface area contributed by atoms with Gasteiger partial charge in [-0.05, 0) is 64.1 Å². The molecule has 1 aliphatic heterocycles. The molecule has 2 aliphatic rings. The molecule has 4 aromatic rings. The molecule has 0 unspecified atom stereocenters. The second-order valence-electron chi connectivity index (χ2n) is 10.8. The first kappa shape index (κ1) is 28.8. The maximum Gasteiger partial charge on any atom is 0.266 e. The number of aromatic nitrogens is 5. The van der Waals surface area contributed by atoms with Crippen molar-refractivity contribution in [1.82, 2.24) is 29.4 Å². The van der Waals surface area contributed by atoms with E-state index < -0.39 is 0 Å². The van der Waals surface area contributed by atoms with Gasteiger partial charge >= 0.3 is 0 Å². The summed E-state index contributed by atoms with van der Waals surface area (Å²) in [5.41, 5.74) is 4.44. The number of aryl methyl sites for hydroxylation is 1. The van der Waals surface area contributed by atoms with Crippen molar-refractivity contribution in [2.75, 3.05) is 32.1 Å². The predicted octanol–water partition coefficient (Wildman–Crippen LogP) is 4.64. The molecule has 6 rings (SSSR count). The van der Waals surface area contributed by atoms with Gasteiger partial charge in [0.2, 0.25) is 5.88 Å². The van der Waals surface area contributed by atoms with Crippen molar-refractivity contribution in [3.63, 3.8) is 0 Å². The van der Waals surface area contributed by atoms with Crippen molar-refractivity contribution in [3.05, 3.63) is 64.6 Å². The lowest BCUT2D eigenvalue weighted by atomic mass is 9.93. The Labute approximate surface area is 242 Å². The number of pyridine rings is 1. The highest BCUT2D eigenvalue weighted by molar-refractivity contribution is 5.94. The average molecular weight is 562 g/mol. The molecule has 41 heavy (non-hydrogen) atoms. The highest BCUT2D eigenvalue weighted by Gasteiger charge is 2.27. The fourth-order valence-corrected chi connectivity index (χ4v) is 5.89. The van der Waals surface area contributed by atoms with Crippen LogP contribution in [0.15, 0.2) is 53.5 Å². The Morgan fingerprint density at radius 3 is 2.44 bits per heavy atom. The van der Waals surface area contributed by atoms with E-state index in [-0.39, 0.29) is 19.1 Å². The smallest absolute Gasteiger partial charge is 0.266 e. The number of benzene rings is 1. The van der Waals surface area contributed by atoms with Crippen LogP contribution in [0.3, 0.4) is 0 Å². The number of anilines is 1. The van der Waals surface area contributed by atoms with Crippen LogP contribution in [0, 0.1) is 0 Å². The Kier molecular flexibility index (Phi) is 9.31. The van der Waals surface area contributed by atoms with Crippen molar-refractivity contribution in [1.29, 1.82) is 0 Å². The molecule has 0 atom stereocenters. The molecule has 2 N–H and O–H groups in total. The minimum atomic E-state index is -0.139. The number of rotatable bonds is 8. The van der Waals surface area contributed by atoms with Gasteiger partial charge in [0.1, 0.15) is 17.6 Å². The number of likely N-dealkylation sites (tertiary alicyclic amines) is 1. The van der Waals surface area contributed by atoms with Gasteiger partial charge in [-0.1, -0.05) is 24.3 Å². The Morgan fingerprint density at radius 1 is 1.02 bits per heavy atom. The van der Waals surface area contributed by atoms with Gasteiger partial charge in [-0.25, -0.2) is 9.67 Å². The molecule has 3 aromatic heterocycles. The zero-order valence-electron chi connectivity index (χ0n) is 24.3. The van der Waals surface area contributed by atoms with Crippen molar-refractivity contribution < 1.29 is 11.3 Å². The molecule has 0 amide bonds. The topological polar surface area (TPSA) is 110 Å². The van der Waals surface area contributed by atoms with E-state index >= 15 is 0 Å². The van der Waals surface area contributed by atoms with Crippen LogP contribution in [0.5, 0.6) is 5.88 Å². The van der Waals surface area contributed by atoms with Gasteiger partial charge in [0, 0.05) is 64.0 Å². The molecule has 10 nitrogen and oxygen atoms in total. The molecule has 0 radical (unpaired) electrons. The summed E-state index contributed by atoms with van der Waals surface area (Å²) in [7, 11) is 2.64. The molecular weight excluding hydrogens is 518 g/mol. The normalized spacial score (nSPS) is 19.1. The summed E-state index contributed by atoms with van der Waals surface area (Å²) >= 11 is 0. The third-order valence-electron chi connectivity index (χ3n) is 7.99. The van der Waals surface area contributed by atoms with Crippen molar-refractivity contribution >= 4 is 16.7 Å². The van der Waals surface area contributed by atoms with E-state index in [1.807, 2.05) is 6.20 Å². The van der Waals surface area contributed by atoms with Gasteiger partial charge in [-0.3, -0.25) is 14.4 Å². The Hall–Kier alpha value is -3.76. The minimum absolute atomic E-state index is 0. The van der Waals surface area contributed by atoms with Crippen molar-refractivity contribution in [3.8, 4) is 17.1 Å². The van der Waals surface area contributed by atoms with E-state index in [4.69, 9.17) is 14.9 Å². The molecule has 10 heteroatoms. The molecular formula is C31H43N7O3. The number of nitrogens with one attached hydrogen (secondary N) is 1. The molecule has 1 aliphatic carbocycles. The SMILES string of the molecule is CCNc1cc2c(cn1)c(-c1ccc(CN3CCCC3)cc1)nn2C1CCC(Oc2ccc(=O)n(C)n2)CC1.CO.[HH]. The first-order valence-corrected chi connectivity index (χ1v) is 14.7. The molecule has 1 aromatic carbocycles. The largest absolute Gasteiger partial charge is 0.473 e. The van der Waals surface area contributed by atoms with Crippen LogP contribution < -0.4 is 15.6 Å². The predicted molar refractivity (Wildman–Crippen MR) is 163 cm³/mol. The van der Waals surface area contributed by atoms with Crippen LogP contribution >= 0.6 is 0 Å². The number of hydrogen-bond donors (Lipinski definition) is 2. The average Bonchev–Trinajstić information content (AvgIpc) is 3.65. The molecule has 1 saturated heterocycles. The standard InChI is InChI=1S/C30H37N7O2.CH4O.H2/c1-3-31-27-18-26-25(19-32-27)30(22-8-6-21(7-9-22)20-36-16-4-5-17-36)34-37(26)23-10-12-24(13-11-23)39-28-14-15-29(38)35(2)33-28;1-2;/h6-9,14-15,18-19,23-24H,3-5,10-13,16-17,20H2,1-2H3,(H,31,32);2H,1H3;1H. The molecule has 1 saturated carbocycles. The third-order valence-corrected chi connectivity index (χ3v) is 7.99. The first-order valence-electron chi connectivity index (χ1n) is 14.7. The van der Waals surface area contributed by atoms with Gasteiger partial charge in [-0.2, -0.15) is 5.10 Å². The zero-order valence-corrected chi connectivity index (χ0v) is 24.3. The number of ether oxygens (including phenoxy) is 1. The summed E-state index contributed by atoms with van der Waals surface area (Å²) in [5.74, 6) is 1.37. The van der Waals surface area contributed by atoms with E-state index in [0.29, 0.717) is 5.88 Å². The van der Waals surface area contributed by atoms with E-state index in [0.717, 1.165) is 73.9 Å². The summed E-state index contributed by atoms with van der Waals surface area (Å²) in [4.78, 5) is 18.9. The maximum atomic E-state index is 11.7. The maximum absolute atomic E-state index is 11.7. The Morgan fingerprint density at radius 2 is 1.76 bits per heavy atom. The summed E-state index contributed by atoms with van der Waals surface area (Å²) < 4.78 is 9.65. The Balaban J connectivity index is 0.00000132. The quantitative estimate of drug-likeness (QED) is 0.320. The van der Waals surface area contributed by atoms with E-state index in [9.17, 15) is 4.79 Å². The molecule has 2 fully saturated rings. The van der Waals surface area contributed by atoms with Crippen LogP contribution in [-0.4, -0.2) is 67.4 Å².